The van der Waals surface area contributed by atoms with Gasteiger partial charge in [0.05, 0.1) is 19.4 Å². The van der Waals surface area contributed by atoms with Gasteiger partial charge >= 0.3 is 0 Å². The lowest BCUT2D eigenvalue weighted by Gasteiger charge is -2.37. The Bertz CT molecular complexity index is 695. The van der Waals surface area contributed by atoms with Crippen molar-refractivity contribution >= 4 is 8.32 Å². The fourth-order valence-corrected chi connectivity index (χ4v) is 4.64. The van der Waals surface area contributed by atoms with Crippen molar-refractivity contribution in [3.8, 4) is 11.8 Å². The smallest absolute Gasteiger partial charge is 0.192 e. The molecule has 0 bridgehead atoms. The van der Waals surface area contributed by atoms with Crippen LogP contribution < -0.4 is 4.74 Å². The van der Waals surface area contributed by atoms with Gasteiger partial charge < -0.3 is 13.9 Å². The van der Waals surface area contributed by atoms with Crippen LogP contribution in [0.4, 0.5) is 0 Å². The maximum Gasteiger partial charge on any atom is 0.192 e. The van der Waals surface area contributed by atoms with Crippen LogP contribution in [0, 0.1) is 11.3 Å². The van der Waals surface area contributed by atoms with E-state index in [0.717, 1.165) is 13.0 Å². The van der Waals surface area contributed by atoms with Crippen LogP contribution in [0.5, 0.6) is 5.75 Å². The molecule has 1 atom stereocenters. The predicted octanol–water partition coefficient (Wildman–Crippen LogP) is 8.44. The average Bonchev–Trinajstić information content (AvgIpc) is 2.82. The summed E-state index contributed by atoms with van der Waals surface area (Å²) in [4.78, 5) is 4.11. The van der Waals surface area contributed by atoms with Crippen LogP contribution in [0.15, 0.2) is 18.3 Å². The lowest BCUT2D eigenvalue weighted by Crippen LogP contribution is -2.44. The van der Waals surface area contributed by atoms with Gasteiger partial charge in [0.2, 0.25) is 0 Å². The maximum absolute atomic E-state index is 8.97. The Labute approximate surface area is 217 Å². The topological polar surface area (TPSA) is 64.4 Å². The summed E-state index contributed by atoms with van der Waals surface area (Å²) in [6, 6.07) is 5.50. The lowest BCUT2D eigenvalue weighted by molar-refractivity contribution is 0.0214. The second-order valence-corrected chi connectivity index (χ2v) is 16.1. The first-order chi connectivity index (χ1) is 16.7. The van der Waals surface area contributed by atoms with Crippen molar-refractivity contribution in [2.24, 2.45) is 0 Å². The molecule has 5 nitrogen and oxygen atoms in total. The molecule has 6 heteroatoms. The molecule has 35 heavy (non-hydrogen) atoms. The van der Waals surface area contributed by atoms with E-state index in [-0.39, 0.29) is 11.1 Å². The molecule has 0 saturated heterocycles. The molecule has 0 fully saturated rings. The van der Waals surface area contributed by atoms with Gasteiger partial charge in [0, 0.05) is 6.61 Å². The Morgan fingerprint density at radius 1 is 0.886 bits per heavy atom. The molecule has 0 N–H and O–H groups in total. The van der Waals surface area contributed by atoms with E-state index in [1.165, 1.54) is 70.6 Å². The molecule has 0 unspecified atom stereocenters. The number of ether oxygens (including phenoxy) is 2. The van der Waals surface area contributed by atoms with Crippen molar-refractivity contribution in [1.29, 1.82) is 5.26 Å². The van der Waals surface area contributed by atoms with Gasteiger partial charge in [0.1, 0.15) is 23.6 Å². The number of hydrogen-bond donors (Lipinski definition) is 0. The summed E-state index contributed by atoms with van der Waals surface area (Å²) in [7, 11) is -1.88. The number of hydrogen-bond acceptors (Lipinski definition) is 5. The van der Waals surface area contributed by atoms with Crippen LogP contribution in [0.25, 0.3) is 0 Å². The van der Waals surface area contributed by atoms with Gasteiger partial charge in [-0.1, -0.05) is 98.3 Å². The van der Waals surface area contributed by atoms with E-state index in [0.29, 0.717) is 24.7 Å². The van der Waals surface area contributed by atoms with Crippen LogP contribution in [0.3, 0.4) is 0 Å². The first-order valence-corrected chi connectivity index (χ1v) is 16.8. The molecule has 0 radical (unpaired) electrons. The standard InChI is InChI=1S/C29H52N2O3Si/c1-7-8-9-10-11-12-13-14-15-16-17-18-21-32-24-28(25-33-35(5,6)29(2,3)4)34-27-20-19-26(22-30)31-23-27/h19-20,23,28H,7-18,21,24-25H2,1-6H3/t28-/m1/s1. The molecule has 0 amide bonds. The fourth-order valence-electron chi connectivity index (χ4n) is 3.60. The summed E-state index contributed by atoms with van der Waals surface area (Å²) in [5.41, 5.74) is 0.384. The third kappa shape index (κ3) is 14.7. The normalized spacial score (nSPS) is 12.9. The third-order valence-corrected chi connectivity index (χ3v) is 11.5. The molecule has 0 aliphatic heterocycles. The van der Waals surface area contributed by atoms with Crippen molar-refractivity contribution in [3.63, 3.8) is 0 Å². The molecule has 0 aliphatic rings. The van der Waals surface area contributed by atoms with Gasteiger partial charge in [-0.2, -0.15) is 5.26 Å². The van der Waals surface area contributed by atoms with Gasteiger partial charge in [-0.05, 0) is 36.7 Å². The van der Waals surface area contributed by atoms with Gasteiger partial charge in [-0.15, -0.1) is 0 Å². The summed E-state index contributed by atoms with van der Waals surface area (Å²) >= 11 is 0. The molecule has 1 aromatic heterocycles. The lowest BCUT2D eigenvalue weighted by atomic mass is 10.1. The van der Waals surface area contributed by atoms with Crippen LogP contribution in [0.2, 0.25) is 18.1 Å². The third-order valence-electron chi connectivity index (χ3n) is 7.04. The fraction of sp³-hybridized carbons (Fsp3) is 0.793. The molecular weight excluding hydrogens is 452 g/mol. The summed E-state index contributed by atoms with van der Waals surface area (Å²) in [5.74, 6) is 0.641. The van der Waals surface area contributed by atoms with Gasteiger partial charge in [-0.3, -0.25) is 0 Å². The Morgan fingerprint density at radius 2 is 1.46 bits per heavy atom. The van der Waals surface area contributed by atoms with Crippen LogP contribution in [0.1, 0.15) is 110 Å². The first kappa shape index (κ1) is 31.6. The Balaban J connectivity index is 2.29. The molecular formula is C29H52N2O3Si. The van der Waals surface area contributed by atoms with E-state index < -0.39 is 8.32 Å². The van der Waals surface area contributed by atoms with Crippen molar-refractivity contribution in [3.05, 3.63) is 24.0 Å². The van der Waals surface area contributed by atoms with E-state index in [2.05, 4.69) is 45.8 Å². The molecule has 1 heterocycles. The summed E-state index contributed by atoms with van der Waals surface area (Å²) in [5, 5.41) is 9.11. The number of nitrogens with zero attached hydrogens (tertiary/aromatic N) is 2. The van der Waals surface area contributed by atoms with E-state index in [1.807, 2.05) is 6.07 Å². The zero-order chi connectivity index (χ0) is 26.0. The molecule has 0 aromatic carbocycles. The second kappa shape index (κ2) is 17.9. The Morgan fingerprint density at radius 3 is 1.94 bits per heavy atom. The van der Waals surface area contributed by atoms with E-state index in [4.69, 9.17) is 19.2 Å². The zero-order valence-electron chi connectivity index (χ0n) is 23.5. The molecule has 200 valence electrons. The molecule has 0 saturated carbocycles. The minimum atomic E-state index is -1.88. The number of rotatable bonds is 20. The SMILES string of the molecule is CCCCCCCCCCCCCCOC[C@H](CO[Si](C)(C)C(C)(C)C)Oc1ccc(C#N)nc1. The van der Waals surface area contributed by atoms with Crippen molar-refractivity contribution in [2.75, 3.05) is 19.8 Å². The Kier molecular flexibility index (Phi) is 16.2. The summed E-state index contributed by atoms with van der Waals surface area (Å²) in [6.45, 7) is 15.2. The van der Waals surface area contributed by atoms with Crippen LogP contribution in [-0.2, 0) is 9.16 Å². The minimum Gasteiger partial charge on any atom is -0.484 e. The van der Waals surface area contributed by atoms with E-state index in [1.54, 1.807) is 18.3 Å². The van der Waals surface area contributed by atoms with Gasteiger partial charge in [-0.25, -0.2) is 4.98 Å². The highest BCUT2D eigenvalue weighted by Crippen LogP contribution is 2.36. The number of pyridine rings is 1. The van der Waals surface area contributed by atoms with Gasteiger partial charge in [0.15, 0.2) is 8.32 Å². The van der Waals surface area contributed by atoms with Crippen molar-refractivity contribution in [2.45, 2.75) is 129 Å². The summed E-state index contributed by atoms with van der Waals surface area (Å²) in [6.07, 6.45) is 17.5. The predicted molar refractivity (Wildman–Crippen MR) is 148 cm³/mol. The van der Waals surface area contributed by atoms with Crippen LogP contribution in [-0.4, -0.2) is 39.2 Å². The maximum atomic E-state index is 8.97. The highest BCUT2D eigenvalue weighted by Gasteiger charge is 2.37. The van der Waals surface area contributed by atoms with Gasteiger partial charge in [0.25, 0.3) is 0 Å². The highest BCUT2D eigenvalue weighted by atomic mass is 28.4. The molecule has 0 spiro atoms. The molecule has 0 aliphatic carbocycles. The first-order valence-electron chi connectivity index (χ1n) is 13.9. The molecule has 1 rings (SSSR count). The molecule has 1 aromatic rings. The van der Waals surface area contributed by atoms with Crippen molar-refractivity contribution in [1.82, 2.24) is 4.98 Å². The van der Waals surface area contributed by atoms with Crippen LogP contribution >= 0.6 is 0 Å². The zero-order valence-corrected chi connectivity index (χ0v) is 24.5. The van der Waals surface area contributed by atoms with Crippen molar-refractivity contribution < 1.29 is 13.9 Å². The summed E-state index contributed by atoms with van der Waals surface area (Å²) < 4.78 is 18.5. The largest absolute Gasteiger partial charge is 0.484 e. The number of aromatic nitrogens is 1. The average molecular weight is 505 g/mol. The second-order valence-electron chi connectivity index (χ2n) is 11.3. The monoisotopic (exact) mass is 504 g/mol. The quantitative estimate of drug-likeness (QED) is 0.132. The number of nitriles is 1. The minimum absolute atomic E-state index is 0.142. The van der Waals surface area contributed by atoms with E-state index in [9.17, 15) is 0 Å². The van der Waals surface area contributed by atoms with E-state index >= 15 is 0 Å². The highest BCUT2D eigenvalue weighted by molar-refractivity contribution is 6.74. The number of unbranched alkanes of at least 4 members (excludes halogenated alkanes) is 11. The Hall–Kier alpha value is -1.42.